The number of ketones is 1. The van der Waals surface area contributed by atoms with Gasteiger partial charge in [0.2, 0.25) is 8.32 Å². The summed E-state index contributed by atoms with van der Waals surface area (Å²) in [6.45, 7) is 5.84. The van der Waals surface area contributed by atoms with Crippen LogP contribution >= 0.6 is 15.9 Å². The Morgan fingerprint density at radius 1 is 1.08 bits per heavy atom. The van der Waals surface area contributed by atoms with E-state index in [1.807, 2.05) is 19.6 Å². The van der Waals surface area contributed by atoms with E-state index in [4.69, 9.17) is 10.2 Å². The molecule has 0 aromatic heterocycles. The van der Waals surface area contributed by atoms with Crippen LogP contribution in [0.4, 0.5) is 5.69 Å². The van der Waals surface area contributed by atoms with Crippen LogP contribution in [0.15, 0.2) is 46.9 Å². The Morgan fingerprint density at radius 3 is 2.29 bits per heavy atom. The molecular formula is C18H20BrNO3Si. The number of carbonyl (C=O) groups excluding carboxylic acids is 2. The van der Waals surface area contributed by atoms with Gasteiger partial charge in [-0.1, -0.05) is 28.1 Å². The number of anilines is 1. The first-order valence-electron chi connectivity index (χ1n) is 7.57. The lowest BCUT2D eigenvalue weighted by molar-refractivity contribution is -0.134. The molecule has 4 nitrogen and oxygen atoms in total. The zero-order valence-corrected chi connectivity index (χ0v) is 16.5. The van der Waals surface area contributed by atoms with Crippen LogP contribution < -0.4 is 5.73 Å². The number of hydrogen-bond donors (Lipinski definition) is 1. The summed E-state index contributed by atoms with van der Waals surface area (Å²) in [5.74, 6) is -0.477. The van der Waals surface area contributed by atoms with Gasteiger partial charge in [-0.15, -0.1) is 0 Å². The second-order valence-corrected chi connectivity index (χ2v) is 11.8. The fraction of sp³-hybridized carbons (Fsp3) is 0.222. The van der Waals surface area contributed by atoms with Gasteiger partial charge >= 0.3 is 0 Å². The van der Waals surface area contributed by atoms with E-state index in [0.717, 1.165) is 4.47 Å². The number of carbonyl (C=O) groups is 2. The smallest absolute Gasteiger partial charge is 0.297 e. The average molecular weight is 406 g/mol. The summed E-state index contributed by atoms with van der Waals surface area (Å²) in [7, 11) is -1.95. The van der Waals surface area contributed by atoms with Crippen LogP contribution in [0, 0.1) is 0 Å². The monoisotopic (exact) mass is 405 g/mol. The van der Waals surface area contributed by atoms with Crippen LogP contribution in [0.2, 0.25) is 19.6 Å². The van der Waals surface area contributed by atoms with Crippen LogP contribution in [0.25, 0.3) is 0 Å². The van der Waals surface area contributed by atoms with E-state index in [0.29, 0.717) is 22.4 Å². The van der Waals surface area contributed by atoms with Crippen LogP contribution in [0.1, 0.15) is 21.5 Å². The second kappa shape index (κ2) is 7.32. The van der Waals surface area contributed by atoms with E-state index in [1.165, 1.54) is 0 Å². The molecule has 0 heterocycles. The van der Waals surface area contributed by atoms with Crippen molar-refractivity contribution in [1.29, 1.82) is 0 Å². The Labute approximate surface area is 151 Å². The van der Waals surface area contributed by atoms with Gasteiger partial charge in [0, 0.05) is 21.3 Å². The Balaban J connectivity index is 2.26. The van der Waals surface area contributed by atoms with Crippen molar-refractivity contribution in [3.8, 4) is 0 Å². The molecule has 0 fully saturated rings. The van der Waals surface area contributed by atoms with Crippen LogP contribution in [-0.4, -0.2) is 20.1 Å². The van der Waals surface area contributed by atoms with Crippen molar-refractivity contribution in [2.75, 3.05) is 5.73 Å². The van der Waals surface area contributed by atoms with Crippen LogP contribution in [0.5, 0.6) is 0 Å². The third-order valence-electron chi connectivity index (χ3n) is 3.30. The molecule has 0 aliphatic carbocycles. The normalized spacial score (nSPS) is 11.2. The maximum Gasteiger partial charge on any atom is 0.297 e. The molecule has 24 heavy (non-hydrogen) atoms. The standard InChI is InChI=1S/C18H20BrNO3Si/c1-24(2,3)23-16(21)11-13-5-4-6-15(17(13)20)18(22)12-7-9-14(19)10-8-12/h4-10H,11,20H2,1-3H3. The molecule has 2 N–H and O–H groups in total. The van der Waals surface area contributed by atoms with Crippen molar-refractivity contribution >= 4 is 41.7 Å². The minimum atomic E-state index is -1.95. The molecule has 2 rings (SSSR count). The van der Waals surface area contributed by atoms with Gasteiger partial charge in [0.25, 0.3) is 5.97 Å². The zero-order valence-electron chi connectivity index (χ0n) is 13.9. The highest BCUT2D eigenvalue weighted by atomic mass is 79.9. The van der Waals surface area contributed by atoms with Gasteiger partial charge in [0.1, 0.15) is 0 Å². The first-order chi connectivity index (χ1) is 11.2. The summed E-state index contributed by atoms with van der Waals surface area (Å²) in [6, 6.07) is 12.2. The van der Waals surface area contributed by atoms with E-state index in [-0.39, 0.29) is 18.2 Å². The Bertz CT molecular complexity index is 767. The molecule has 126 valence electrons. The maximum atomic E-state index is 12.6. The van der Waals surface area contributed by atoms with E-state index in [2.05, 4.69) is 15.9 Å². The van der Waals surface area contributed by atoms with Gasteiger partial charge in [0.05, 0.1) is 6.42 Å². The highest BCUT2D eigenvalue weighted by molar-refractivity contribution is 9.10. The van der Waals surface area contributed by atoms with Gasteiger partial charge in [0.15, 0.2) is 5.78 Å². The molecule has 0 saturated carbocycles. The van der Waals surface area contributed by atoms with Crippen molar-refractivity contribution in [1.82, 2.24) is 0 Å². The summed E-state index contributed by atoms with van der Waals surface area (Å²) in [5.41, 5.74) is 8.03. The van der Waals surface area contributed by atoms with Crippen molar-refractivity contribution in [2.24, 2.45) is 0 Å². The van der Waals surface area contributed by atoms with Crippen molar-refractivity contribution in [3.63, 3.8) is 0 Å². The van der Waals surface area contributed by atoms with E-state index >= 15 is 0 Å². The van der Waals surface area contributed by atoms with Gasteiger partial charge in [-0.2, -0.15) is 0 Å². The Hall–Kier alpha value is -1.92. The number of para-hydroxylation sites is 1. The van der Waals surface area contributed by atoms with Crippen LogP contribution in [-0.2, 0) is 15.6 Å². The number of halogens is 1. The lowest BCUT2D eigenvalue weighted by atomic mass is 9.98. The Kier molecular flexibility index (Phi) is 5.61. The third-order valence-corrected chi connectivity index (χ3v) is 4.67. The van der Waals surface area contributed by atoms with Crippen molar-refractivity contribution < 1.29 is 14.0 Å². The first kappa shape index (κ1) is 18.4. The SMILES string of the molecule is C[Si](C)(C)OC(=O)Cc1cccc(C(=O)c2ccc(Br)cc2)c1N. The maximum absolute atomic E-state index is 12.6. The molecule has 0 atom stereocenters. The van der Waals surface area contributed by atoms with Crippen molar-refractivity contribution in [2.45, 2.75) is 26.1 Å². The summed E-state index contributed by atoms with van der Waals surface area (Å²) < 4.78 is 6.35. The predicted octanol–water partition coefficient (Wildman–Crippen LogP) is 4.18. The molecule has 2 aromatic rings. The van der Waals surface area contributed by atoms with E-state index in [1.54, 1.807) is 42.5 Å². The highest BCUT2D eigenvalue weighted by Crippen LogP contribution is 2.23. The summed E-state index contributed by atoms with van der Waals surface area (Å²) in [4.78, 5) is 24.7. The molecular weight excluding hydrogens is 386 g/mol. The molecule has 0 amide bonds. The van der Waals surface area contributed by atoms with Gasteiger partial charge < -0.3 is 10.2 Å². The summed E-state index contributed by atoms with van der Waals surface area (Å²) in [5, 5.41) is 0. The third kappa shape index (κ3) is 4.78. The minimum Gasteiger partial charge on any atom is -0.520 e. The molecule has 0 radical (unpaired) electrons. The summed E-state index contributed by atoms with van der Waals surface area (Å²) >= 11 is 3.34. The van der Waals surface area contributed by atoms with E-state index < -0.39 is 8.32 Å². The quantitative estimate of drug-likeness (QED) is 0.460. The van der Waals surface area contributed by atoms with E-state index in [9.17, 15) is 9.59 Å². The molecule has 0 spiro atoms. The van der Waals surface area contributed by atoms with Gasteiger partial charge in [-0.3, -0.25) is 9.59 Å². The minimum absolute atomic E-state index is 0.0670. The fourth-order valence-electron chi connectivity index (χ4n) is 2.26. The van der Waals surface area contributed by atoms with Crippen LogP contribution in [0.3, 0.4) is 0 Å². The Morgan fingerprint density at radius 2 is 1.71 bits per heavy atom. The molecule has 0 aliphatic heterocycles. The molecule has 6 heteroatoms. The molecule has 0 saturated heterocycles. The van der Waals surface area contributed by atoms with Gasteiger partial charge in [-0.25, -0.2) is 0 Å². The number of hydrogen-bond acceptors (Lipinski definition) is 4. The zero-order chi connectivity index (χ0) is 17.9. The number of benzene rings is 2. The topological polar surface area (TPSA) is 69.4 Å². The lowest BCUT2D eigenvalue weighted by Crippen LogP contribution is -2.30. The number of rotatable bonds is 5. The summed E-state index contributed by atoms with van der Waals surface area (Å²) in [6.07, 6.45) is 0.0670. The fourth-order valence-corrected chi connectivity index (χ4v) is 3.27. The second-order valence-electron chi connectivity index (χ2n) is 6.48. The highest BCUT2D eigenvalue weighted by Gasteiger charge is 2.22. The number of nitrogens with two attached hydrogens (primary N) is 1. The molecule has 2 aromatic carbocycles. The lowest BCUT2D eigenvalue weighted by Gasteiger charge is -2.18. The first-order valence-corrected chi connectivity index (χ1v) is 11.8. The predicted molar refractivity (Wildman–Crippen MR) is 102 cm³/mol. The van der Waals surface area contributed by atoms with Crippen molar-refractivity contribution in [3.05, 3.63) is 63.6 Å². The molecule has 0 bridgehead atoms. The largest absolute Gasteiger partial charge is 0.520 e. The average Bonchev–Trinajstić information content (AvgIpc) is 2.47. The molecule has 0 aliphatic rings. The number of nitrogen functional groups attached to an aromatic ring is 1. The van der Waals surface area contributed by atoms with Gasteiger partial charge in [-0.05, 0) is 55.5 Å². The molecule has 0 unspecified atom stereocenters.